The molecule has 0 unspecified atom stereocenters. The van der Waals surface area contributed by atoms with Crippen molar-refractivity contribution in [3.8, 4) is 5.75 Å². The Balaban J connectivity index is 1.10. The Bertz CT molecular complexity index is 1800. The molecule has 1 aliphatic carbocycles. The van der Waals surface area contributed by atoms with Gasteiger partial charge in [0.1, 0.15) is 29.0 Å². The number of nitrogens with zero attached hydrogens (tertiary/aromatic N) is 4. The fraction of sp³-hybridized carbons (Fsp3) is 0.364. The molecule has 1 atom stereocenters. The first-order chi connectivity index (χ1) is 21.2. The van der Waals surface area contributed by atoms with Crippen molar-refractivity contribution >= 4 is 46.2 Å². The Morgan fingerprint density at radius 3 is 2.57 bits per heavy atom. The number of alkyl halides is 1. The van der Waals surface area contributed by atoms with Crippen molar-refractivity contribution in [2.24, 2.45) is 5.41 Å². The maximum atomic E-state index is 15.4. The molecule has 7 nitrogen and oxygen atoms in total. The van der Waals surface area contributed by atoms with Gasteiger partial charge in [-0.2, -0.15) is 0 Å². The molecule has 1 N–H and O–H groups in total. The molecule has 2 aliphatic heterocycles. The summed E-state index contributed by atoms with van der Waals surface area (Å²) in [4.78, 5) is 23.1. The number of carbonyl (C=O) groups is 1. The Morgan fingerprint density at radius 1 is 1.07 bits per heavy atom. The number of pyridine rings is 1. The molecule has 0 amide bonds. The maximum absolute atomic E-state index is 15.4. The molecule has 44 heavy (non-hydrogen) atoms. The van der Waals surface area contributed by atoms with Gasteiger partial charge in [-0.25, -0.2) is 19.2 Å². The first-order valence-corrected chi connectivity index (χ1v) is 15.5. The average Bonchev–Trinajstić information content (AvgIpc) is 3.72. The quantitative estimate of drug-likeness (QED) is 0.211. The zero-order chi connectivity index (χ0) is 30.6. The summed E-state index contributed by atoms with van der Waals surface area (Å²) in [5.74, 6) is 0.00337. The van der Waals surface area contributed by atoms with Crippen LogP contribution in [0.5, 0.6) is 5.75 Å². The number of hydrogen-bond acceptors (Lipinski definition) is 5. The third-order valence-corrected chi connectivity index (χ3v) is 9.69. The summed E-state index contributed by atoms with van der Waals surface area (Å²) in [6.07, 6.45) is 4.00. The van der Waals surface area contributed by atoms with Crippen LogP contribution in [0.4, 0.5) is 8.78 Å². The van der Waals surface area contributed by atoms with Crippen LogP contribution in [0.2, 0.25) is 10.0 Å². The number of carboxylic acid groups (broad SMARTS) is 1. The van der Waals surface area contributed by atoms with Gasteiger partial charge in [-0.1, -0.05) is 41.4 Å². The molecular formula is C33H30Cl2F2N4O3. The van der Waals surface area contributed by atoms with E-state index >= 15 is 4.39 Å². The van der Waals surface area contributed by atoms with Crippen LogP contribution in [0.1, 0.15) is 70.7 Å². The van der Waals surface area contributed by atoms with E-state index in [1.807, 2.05) is 16.7 Å². The predicted molar refractivity (Wildman–Crippen MR) is 165 cm³/mol. The molecule has 0 spiro atoms. The smallest absolute Gasteiger partial charge is 0.354 e. The van der Waals surface area contributed by atoms with Gasteiger partial charge in [0.2, 0.25) is 0 Å². The standard InChI is InChI=1S/C33H30Cl2F2N4O3/c34-20-4-5-22(24(35)14-20)28-15-25(37)23-3-1-2-21(30(23)44-28)19-8-12-40(13-9-19)16-29-38-26-6-7-27(32(42)43)39-31(26)41(29)18-33(17-36)10-11-33/h1-7,14-15,19,28H,8-13,16-18H2,(H,42,43)/t28-/m1/s1. The molecule has 2 aromatic heterocycles. The number of likely N-dealkylation sites (tertiary alicyclic amines) is 1. The van der Waals surface area contributed by atoms with E-state index < -0.39 is 24.2 Å². The van der Waals surface area contributed by atoms with Crippen LogP contribution in [0.3, 0.4) is 0 Å². The number of para-hydroxylation sites is 1. The molecule has 4 heterocycles. The highest BCUT2D eigenvalue weighted by Gasteiger charge is 2.44. The van der Waals surface area contributed by atoms with Crippen LogP contribution in [-0.4, -0.2) is 50.3 Å². The van der Waals surface area contributed by atoms with E-state index in [9.17, 15) is 14.3 Å². The molecule has 1 saturated heterocycles. The number of aromatic carboxylic acids is 1. The largest absolute Gasteiger partial charge is 0.480 e. The van der Waals surface area contributed by atoms with E-state index in [1.54, 1.807) is 30.3 Å². The van der Waals surface area contributed by atoms with Gasteiger partial charge in [0.25, 0.3) is 0 Å². The second-order valence-electron chi connectivity index (χ2n) is 12.1. The van der Waals surface area contributed by atoms with Crippen molar-refractivity contribution in [1.29, 1.82) is 0 Å². The summed E-state index contributed by atoms with van der Waals surface area (Å²) >= 11 is 12.5. The number of piperidine rings is 1. The zero-order valence-electron chi connectivity index (χ0n) is 23.8. The van der Waals surface area contributed by atoms with Crippen LogP contribution in [-0.2, 0) is 13.1 Å². The predicted octanol–water partition coefficient (Wildman–Crippen LogP) is 8.01. The second-order valence-corrected chi connectivity index (χ2v) is 12.9. The number of carboxylic acids is 1. The topological polar surface area (TPSA) is 80.5 Å². The van der Waals surface area contributed by atoms with Gasteiger partial charge >= 0.3 is 5.97 Å². The van der Waals surface area contributed by atoms with Crippen LogP contribution in [0, 0.1) is 5.41 Å². The minimum atomic E-state index is -1.11. The van der Waals surface area contributed by atoms with Crippen LogP contribution >= 0.6 is 23.2 Å². The molecule has 1 saturated carbocycles. The SMILES string of the molecule is O=C(O)c1ccc2nc(CN3CCC(c4cccc5c4O[C@@H](c4ccc(Cl)cc4Cl)C=C5F)CC3)n(CC3(CF)CC3)c2n1. The Hall–Kier alpha value is -3.53. The van der Waals surface area contributed by atoms with Crippen LogP contribution in [0.15, 0.2) is 54.6 Å². The van der Waals surface area contributed by atoms with E-state index in [4.69, 9.17) is 32.9 Å². The van der Waals surface area contributed by atoms with Gasteiger partial charge in [-0.05, 0) is 86.7 Å². The lowest BCUT2D eigenvalue weighted by Crippen LogP contribution is -2.34. The third-order valence-electron chi connectivity index (χ3n) is 9.13. The molecule has 2 aromatic carbocycles. The molecular weight excluding hydrogens is 609 g/mol. The number of rotatable bonds is 8. The fourth-order valence-corrected chi connectivity index (χ4v) is 6.88. The number of fused-ring (bicyclic) bond motifs is 2. The molecule has 2 fully saturated rings. The summed E-state index contributed by atoms with van der Waals surface area (Å²) < 4.78 is 37.6. The maximum Gasteiger partial charge on any atom is 0.354 e. The Labute approximate surface area is 263 Å². The summed E-state index contributed by atoms with van der Waals surface area (Å²) in [5.41, 5.74) is 2.65. The lowest BCUT2D eigenvalue weighted by Gasteiger charge is -2.34. The van der Waals surface area contributed by atoms with E-state index in [1.165, 1.54) is 12.1 Å². The summed E-state index contributed by atoms with van der Waals surface area (Å²) in [5, 5.41) is 10.4. The lowest BCUT2D eigenvalue weighted by atomic mass is 9.86. The minimum Gasteiger partial charge on any atom is -0.480 e. The summed E-state index contributed by atoms with van der Waals surface area (Å²) in [6, 6.07) is 13.8. The van der Waals surface area contributed by atoms with Crippen molar-refractivity contribution in [3.63, 3.8) is 0 Å². The van der Waals surface area contributed by atoms with Gasteiger partial charge in [0, 0.05) is 27.6 Å². The van der Waals surface area contributed by atoms with E-state index in [0.717, 1.165) is 50.2 Å². The fourth-order valence-electron chi connectivity index (χ4n) is 6.37. The van der Waals surface area contributed by atoms with E-state index in [0.29, 0.717) is 51.2 Å². The van der Waals surface area contributed by atoms with Crippen molar-refractivity contribution in [2.75, 3.05) is 19.8 Å². The number of imidazole rings is 1. The zero-order valence-corrected chi connectivity index (χ0v) is 25.3. The minimum absolute atomic E-state index is 0.0589. The monoisotopic (exact) mass is 638 g/mol. The first kappa shape index (κ1) is 29.2. The molecule has 228 valence electrons. The summed E-state index contributed by atoms with van der Waals surface area (Å²) in [6.45, 7) is 2.06. The highest BCUT2D eigenvalue weighted by molar-refractivity contribution is 6.35. The molecule has 0 bridgehead atoms. The van der Waals surface area contributed by atoms with Crippen LogP contribution in [0.25, 0.3) is 17.0 Å². The Kier molecular flexibility index (Phi) is 7.59. The van der Waals surface area contributed by atoms with Crippen molar-refractivity contribution < 1.29 is 23.4 Å². The van der Waals surface area contributed by atoms with Crippen molar-refractivity contribution in [2.45, 2.75) is 50.8 Å². The molecule has 11 heteroatoms. The number of halogens is 4. The molecule has 0 radical (unpaired) electrons. The number of benzene rings is 2. The van der Waals surface area contributed by atoms with Gasteiger partial charge < -0.3 is 14.4 Å². The normalized spacial score (nSPS) is 19.8. The summed E-state index contributed by atoms with van der Waals surface area (Å²) in [7, 11) is 0. The van der Waals surface area contributed by atoms with Crippen molar-refractivity contribution in [1.82, 2.24) is 19.4 Å². The number of aromatic nitrogens is 3. The Morgan fingerprint density at radius 2 is 1.86 bits per heavy atom. The first-order valence-electron chi connectivity index (χ1n) is 14.7. The van der Waals surface area contributed by atoms with E-state index in [2.05, 4.69) is 9.88 Å². The number of hydrogen-bond donors (Lipinski definition) is 1. The number of ether oxygens (including phenoxy) is 1. The lowest BCUT2D eigenvalue weighted by molar-refractivity contribution is 0.0690. The van der Waals surface area contributed by atoms with Gasteiger partial charge in [0.15, 0.2) is 11.3 Å². The van der Waals surface area contributed by atoms with Gasteiger partial charge in [-0.3, -0.25) is 9.29 Å². The van der Waals surface area contributed by atoms with Crippen molar-refractivity contribution in [3.05, 3.63) is 92.9 Å². The second kappa shape index (κ2) is 11.4. The molecule has 4 aromatic rings. The molecule has 3 aliphatic rings. The van der Waals surface area contributed by atoms with Gasteiger partial charge in [0.05, 0.1) is 18.8 Å². The van der Waals surface area contributed by atoms with E-state index in [-0.39, 0.29) is 17.4 Å². The third kappa shape index (κ3) is 5.46. The van der Waals surface area contributed by atoms with Crippen LogP contribution < -0.4 is 4.74 Å². The highest BCUT2D eigenvalue weighted by atomic mass is 35.5. The molecule has 7 rings (SSSR count). The highest BCUT2D eigenvalue weighted by Crippen LogP contribution is 2.48. The van der Waals surface area contributed by atoms with Gasteiger partial charge in [-0.15, -0.1) is 0 Å². The average molecular weight is 640 g/mol.